The molecule has 134 valence electrons. The maximum Gasteiger partial charge on any atom is 0.220 e. The first-order valence-corrected chi connectivity index (χ1v) is 8.99. The average molecular weight is 382 g/mol. The van der Waals surface area contributed by atoms with Crippen LogP contribution < -0.4 is 11.1 Å². The highest BCUT2D eigenvalue weighted by atomic mass is 35.5. The number of hydrogen-bond donors (Lipinski definition) is 2. The van der Waals surface area contributed by atoms with Crippen LogP contribution in [0.3, 0.4) is 0 Å². The fourth-order valence-electron chi connectivity index (χ4n) is 2.78. The molecule has 0 aromatic carbocycles. The van der Waals surface area contributed by atoms with Gasteiger partial charge >= 0.3 is 0 Å². The zero-order valence-electron chi connectivity index (χ0n) is 13.8. The zero-order chi connectivity index (χ0) is 15.1. The molecule has 23 heavy (non-hydrogen) atoms. The Balaban J connectivity index is 0.00000242. The molecule has 1 amide bonds. The van der Waals surface area contributed by atoms with Gasteiger partial charge in [-0.3, -0.25) is 4.79 Å². The number of rotatable bonds is 7. The SMILES string of the molecule is CC(N)CCC(=O)NCCc1nc(C2CCCCC2)cs1.Cl.Cl. The largest absolute Gasteiger partial charge is 0.356 e. The molecule has 1 fully saturated rings. The van der Waals surface area contributed by atoms with Crippen molar-refractivity contribution in [2.45, 2.75) is 70.3 Å². The smallest absolute Gasteiger partial charge is 0.220 e. The summed E-state index contributed by atoms with van der Waals surface area (Å²) in [6.07, 6.45) is 8.73. The first kappa shape index (κ1) is 22.6. The minimum Gasteiger partial charge on any atom is -0.356 e. The Morgan fingerprint density at radius 1 is 1.39 bits per heavy atom. The summed E-state index contributed by atoms with van der Waals surface area (Å²) in [7, 11) is 0. The maximum atomic E-state index is 11.6. The predicted molar refractivity (Wildman–Crippen MR) is 102 cm³/mol. The van der Waals surface area contributed by atoms with Crippen molar-refractivity contribution in [3.63, 3.8) is 0 Å². The van der Waals surface area contributed by atoms with Crippen LogP contribution in [0.25, 0.3) is 0 Å². The topological polar surface area (TPSA) is 68.0 Å². The summed E-state index contributed by atoms with van der Waals surface area (Å²) in [4.78, 5) is 16.4. The Kier molecular flexibility index (Phi) is 11.9. The van der Waals surface area contributed by atoms with E-state index >= 15 is 0 Å². The number of carbonyl (C=O) groups excluding carboxylic acids is 1. The third-order valence-electron chi connectivity index (χ3n) is 4.08. The van der Waals surface area contributed by atoms with Crippen molar-refractivity contribution in [1.29, 1.82) is 0 Å². The van der Waals surface area contributed by atoms with Gasteiger partial charge in [0.15, 0.2) is 0 Å². The number of nitrogens with zero attached hydrogens (tertiary/aromatic N) is 1. The van der Waals surface area contributed by atoms with Crippen molar-refractivity contribution in [1.82, 2.24) is 10.3 Å². The number of hydrogen-bond acceptors (Lipinski definition) is 4. The molecule has 1 aliphatic carbocycles. The highest BCUT2D eigenvalue weighted by molar-refractivity contribution is 7.09. The van der Waals surface area contributed by atoms with Crippen LogP contribution in [0.15, 0.2) is 5.38 Å². The molecule has 0 spiro atoms. The second-order valence-electron chi connectivity index (χ2n) is 6.12. The third-order valence-corrected chi connectivity index (χ3v) is 5.01. The fourth-order valence-corrected chi connectivity index (χ4v) is 3.66. The highest BCUT2D eigenvalue weighted by Gasteiger charge is 2.18. The Morgan fingerprint density at radius 2 is 2.09 bits per heavy atom. The molecular weight excluding hydrogens is 353 g/mol. The van der Waals surface area contributed by atoms with Crippen LogP contribution >= 0.6 is 36.2 Å². The molecule has 4 nitrogen and oxygen atoms in total. The first-order valence-electron chi connectivity index (χ1n) is 8.11. The average Bonchev–Trinajstić information content (AvgIpc) is 2.95. The van der Waals surface area contributed by atoms with Gasteiger partial charge in [0, 0.05) is 36.7 Å². The lowest BCUT2D eigenvalue weighted by Gasteiger charge is -2.19. The quantitative estimate of drug-likeness (QED) is 0.753. The van der Waals surface area contributed by atoms with Crippen LogP contribution in [0.5, 0.6) is 0 Å². The second kappa shape index (κ2) is 12.1. The Morgan fingerprint density at radius 3 is 2.74 bits per heavy atom. The van der Waals surface area contributed by atoms with Crippen molar-refractivity contribution in [3.05, 3.63) is 16.1 Å². The van der Waals surface area contributed by atoms with Gasteiger partial charge < -0.3 is 11.1 Å². The number of nitrogens with two attached hydrogens (primary N) is 1. The lowest BCUT2D eigenvalue weighted by molar-refractivity contribution is -0.121. The van der Waals surface area contributed by atoms with E-state index in [2.05, 4.69) is 10.7 Å². The molecule has 0 aliphatic heterocycles. The van der Waals surface area contributed by atoms with Gasteiger partial charge in [0.1, 0.15) is 0 Å². The summed E-state index contributed by atoms with van der Waals surface area (Å²) < 4.78 is 0. The lowest BCUT2D eigenvalue weighted by Crippen LogP contribution is -2.27. The number of amides is 1. The van der Waals surface area contributed by atoms with Crippen molar-refractivity contribution in [2.24, 2.45) is 5.73 Å². The number of nitrogens with one attached hydrogen (secondary N) is 1. The molecule has 0 radical (unpaired) electrons. The van der Waals surface area contributed by atoms with Gasteiger partial charge in [-0.2, -0.15) is 0 Å². The van der Waals surface area contributed by atoms with E-state index in [0.29, 0.717) is 18.9 Å². The molecule has 1 aromatic rings. The highest BCUT2D eigenvalue weighted by Crippen LogP contribution is 2.33. The summed E-state index contributed by atoms with van der Waals surface area (Å²) in [5.41, 5.74) is 6.92. The maximum absolute atomic E-state index is 11.6. The van der Waals surface area contributed by atoms with E-state index in [1.165, 1.54) is 37.8 Å². The summed E-state index contributed by atoms with van der Waals surface area (Å²) in [6, 6.07) is 0.0905. The van der Waals surface area contributed by atoms with Crippen molar-refractivity contribution in [2.75, 3.05) is 6.54 Å². The Hall–Kier alpha value is -0.360. The molecule has 0 saturated heterocycles. The summed E-state index contributed by atoms with van der Waals surface area (Å²) in [6.45, 7) is 2.60. The summed E-state index contributed by atoms with van der Waals surface area (Å²) in [5.74, 6) is 0.765. The van der Waals surface area contributed by atoms with Crippen LogP contribution in [-0.2, 0) is 11.2 Å². The molecule has 3 N–H and O–H groups in total. The Bertz CT molecular complexity index is 448. The normalized spacial score (nSPS) is 16.1. The van der Waals surface area contributed by atoms with Crippen molar-refractivity contribution in [3.8, 4) is 0 Å². The molecular formula is C16H29Cl2N3OS. The van der Waals surface area contributed by atoms with Crippen LogP contribution in [0, 0.1) is 0 Å². The van der Waals surface area contributed by atoms with E-state index in [1.54, 1.807) is 11.3 Å². The fraction of sp³-hybridized carbons (Fsp3) is 0.750. The summed E-state index contributed by atoms with van der Waals surface area (Å²) in [5, 5.41) is 6.30. The van der Waals surface area contributed by atoms with Gasteiger partial charge in [-0.15, -0.1) is 36.2 Å². The van der Waals surface area contributed by atoms with E-state index in [4.69, 9.17) is 10.7 Å². The van der Waals surface area contributed by atoms with E-state index in [1.807, 2.05) is 6.92 Å². The van der Waals surface area contributed by atoms with Gasteiger partial charge in [-0.05, 0) is 26.2 Å². The molecule has 1 aliphatic rings. The van der Waals surface area contributed by atoms with Gasteiger partial charge in [0.2, 0.25) is 5.91 Å². The zero-order valence-corrected chi connectivity index (χ0v) is 16.2. The molecule has 2 rings (SSSR count). The van der Waals surface area contributed by atoms with Crippen LogP contribution in [0.2, 0.25) is 0 Å². The number of carbonyl (C=O) groups is 1. The standard InChI is InChI=1S/C16H27N3OS.2ClH/c1-12(17)7-8-15(20)18-10-9-16-19-14(11-21-16)13-5-3-2-4-6-13;;/h11-13H,2-10,17H2,1H3,(H,18,20);2*1H. The molecule has 1 heterocycles. The van der Waals surface area contributed by atoms with E-state index in [0.717, 1.165) is 17.8 Å². The minimum absolute atomic E-state index is 0. The van der Waals surface area contributed by atoms with Crippen molar-refractivity contribution < 1.29 is 4.79 Å². The second-order valence-corrected chi connectivity index (χ2v) is 7.06. The lowest BCUT2D eigenvalue weighted by atomic mass is 9.87. The predicted octanol–water partition coefficient (Wildman–Crippen LogP) is 3.82. The number of aromatic nitrogens is 1. The van der Waals surface area contributed by atoms with Crippen molar-refractivity contribution >= 4 is 42.1 Å². The number of thiazole rings is 1. The molecule has 1 unspecified atom stereocenters. The molecule has 7 heteroatoms. The molecule has 1 aromatic heterocycles. The molecule has 1 saturated carbocycles. The molecule has 1 atom stereocenters. The van der Waals surface area contributed by atoms with Crippen LogP contribution in [-0.4, -0.2) is 23.5 Å². The van der Waals surface area contributed by atoms with Gasteiger partial charge in [0.25, 0.3) is 0 Å². The number of halogens is 2. The van der Waals surface area contributed by atoms with Gasteiger partial charge in [0.05, 0.1) is 10.7 Å². The van der Waals surface area contributed by atoms with Gasteiger partial charge in [-0.25, -0.2) is 4.98 Å². The Labute approximate surface area is 155 Å². The third kappa shape index (κ3) is 8.34. The molecule has 0 bridgehead atoms. The summed E-state index contributed by atoms with van der Waals surface area (Å²) >= 11 is 1.73. The van der Waals surface area contributed by atoms with Crippen LogP contribution in [0.4, 0.5) is 0 Å². The minimum atomic E-state index is 0. The van der Waals surface area contributed by atoms with E-state index in [-0.39, 0.29) is 36.8 Å². The van der Waals surface area contributed by atoms with E-state index in [9.17, 15) is 4.79 Å². The van der Waals surface area contributed by atoms with E-state index < -0.39 is 0 Å². The van der Waals surface area contributed by atoms with Gasteiger partial charge in [-0.1, -0.05) is 19.3 Å². The van der Waals surface area contributed by atoms with Crippen LogP contribution in [0.1, 0.15) is 68.5 Å². The first-order chi connectivity index (χ1) is 10.1. The monoisotopic (exact) mass is 381 g/mol.